The van der Waals surface area contributed by atoms with Crippen LogP contribution in [0.1, 0.15) is 34.1 Å². The third kappa shape index (κ3) is 12.4. The van der Waals surface area contributed by atoms with Gasteiger partial charge in [-0.05, 0) is 0 Å². The third-order valence-corrected chi connectivity index (χ3v) is 2.82. The number of rotatable bonds is 0. The van der Waals surface area contributed by atoms with E-state index in [-0.39, 0.29) is 51.0 Å². The van der Waals surface area contributed by atoms with Crippen LogP contribution in [0.3, 0.4) is 0 Å². The Morgan fingerprint density at radius 3 is 1.75 bits per heavy atom. The van der Waals surface area contributed by atoms with Gasteiger partial charge < -0.3 is 24.8 Å². The molecule has 20 heavy (non-hydrogen) atoms. The second kappa shape index (κ2) is 17.7. The Morgan fingerprint density at radius 2 is 1.65 bits per heavy atom. The summed E-state index contributed by atoms with van der Waals surface area (Å²) in [5, 5.41) is 0. The first-order chi connectivity index (χ1) is 8.04. The minimum Gasteiger partial charge on any atom is -1.00 e. The smallest absolute Gasteiger partial charge is 1.00 e. The van der Waals surface area contributed by atoms with Crippen molar-refractivity contribution in [3.63, 3.8) is 0 Å². The van der Waals surface area contributed by atoms with Gasteiger partial charge in [-0.25, -0.2) is 17.7 Å². The van der Waals surface area contributed by atoms with Gasteiger partial charge in [0.25, 0.3) is 0 Å². The quantitative estimate of drug-likeness (QED) is 0.341. The molecule has 2 rings (SSSR count). The maximum Gasteiger partial charge on any atom is 4.00 e. The molecule has 0 aromatic rings. The molecule has 0 aromatic heterocycles. The molecule has 0 saturated carbocycles. The van der Waals surface area contributed by atoms with E-state index in [0.717, 1.165) is 15.9 Å². The van der Waals surface area contributed by atoms with Gasteiger partial charge in [-0.15, -0.1) is 13.3 Å². The van der Waals surface area contributed by atoms with E-state index in [1.807, 2.05) is 12.2 Å². The van der Waals surface area contributed by atoms with Gasteiger partial charge in [0.15, 0.2) is 0 Å². The second-order valence-electron chi connectivity index (χ2n) is 4.38. The molecule has 111 valence electrons. The zero-order valence-electron chi connectivity index (χ0n) is 13.3. The first kappa shape index (κ1) is 28.8. The summed E-state index contributed by atoms with van der Waals surface area (Å²) in [6, 6.07) is 0. The molecule has 0 saturated heterocycles. The fraction of sp³-hybridized carbons (Fsp3) is 0.500. The second-order valence-corrected chi connectivity index (χ2v) is 5.53. The summed E-state index contributed by atoms with van der Waals surface area (Å²) >= 11 is 0. The van der Waals surface area contributed by atoms with E-state index in [2.05, 4.69) is 59.0 Å². The van der Waals surface area contributed by atoms with E-state index >= 15 is 0 Å². The minimum absolute atomic E-state index is 0. The number of halogens is 2. The zero-order chi connectivity index (χ0) is 13.3. The first-order valence-electron chi connectivity index (χ1n) is 6.28. The normalized spacial score (nSPS) is 17.5. The van der Waals surface area contributed by atoms with Gasteiger partial charge >= 0.3 is 26.2 Å². The Kier molecular flexibility index (Phi) is 25.4. The maximum absolute atomic E-state index is 3.36. The Labute approximate surface area is 160 Å². The molecule has 0 amide bonds. The molecule has 0 bridgehead atoms. The molecule has 2 aliphatic rings. The molecule has 1 atom stereocenters. The predicted octanol–water partition coefficient (Wildman–Crippen LogP) is -1.45. The van der Waals surface area contributed by atoms with Crippen molar-refractivity contribution in [3.8, 4) is 0 Å². The molecular formula is C16H25Cl2SiZr. The molecule has 0 nitrogen and oxygen atoms in total. The topological polar surface area (TPSA) is 0 Å². The summed E-state index contributed by atoms with van der Waals surface area (Å²) in [7, 11) is 0.750. The van der Waals surface area contributed by atoms with Crippen molar-refractivity contribution < 1.29 is 51.0 Å². The summed E-state index contributed by atoms with van der Waals surface area (Å²) in [5.41, 5.74) is 4.25. The molecule has 1 unspecified atom stereocenters. The van der Waals surface area contributed by atoms with Crippen LogP contribution in [0.4, 0.5) is 0 Å². The third-order valence-electron chi connectivity index (χ3n) is 2.82. The molecular weight excluding hydrogens is 382 g/mol. The van der Waals surface area contributed by atoms with E-state index in [4.69, 9.17) is 0 Å². The van der Waals surface area contributed by atoms with Gasteiger partial charge in [0.1, 0.15) is 0 Å². The van der Waals surface area contributed by atoms with Crippen LogP contribution in [0.25, 0.3) is 0 Å². The van der Waals surface area contributed by atoms with E-state index < -0.39 is 0 Å². The van der Waals surface area contributed by atoms with E-state index in [1.54, 1.807) is 0 Å². The van der Waals surface area contributed by atoms with Crippen molar-refractivity contribution in [1.82, 2.24) is 0 Å². The monoisotopic (exact) mass is 405 g/mol. The average Bonchev–Trinajstić information content (AvgIpc) is 2.91. The van der Waals surface area contributed by atoms with Crippen molar-refractivity contribution in [2.75, 3.05) is 0 Å². The summed E-state index contributed by atoms with van der Waals surface area (Å²) in [4.78, 5) is 0. The average molecular weight is 408 g/mol. The number of allylic oxidation sites excluding steroid dienone is 8. The molecule has 2 aliphatic carbocycles. The van der Waals surface area contributed by atoms with E-state index in [9.17, 15) is 0 Å². The van der Waals surface area contributed by atoms with Gasteiger partial charge in [-0.2, -0.15) is 17.2 Å². The van der Waals surface area contributed by atoms with E-state index in [0.29, 0.717) is 5.92 Å². The zero-order valence-corrected chi connectivity index (χ0v) is 18.5. The van der Waals surface area contributed by atoms with Crippen molar-refractivity contribution in [3.05, 3.63) is 47.1 Å². The van der Waals surface area contributed by atoms with Gasteiger partial charge in [0.2, 0.25) is 0 Å². The molecule has 0 fully saturated rings. The number of hydrogen-bond donors (Lipinski definition) is 0. The van der Waals surface area contributed by atoms with Crippen molar-refractivity contribution in [1.29, 1.82) is 0 Å². The SMILES string of the molecule is CC1=[C-]C(C)C(C)=C1C.C[SiH]C.[C-]1=CC=CC1.[Cl-].[Cl-].[Zr+4]. The fourth-order valence-corrected chi connectivity index (χ4v) is 1.50. The van der Waals surface area contributed by atoms with Gasteiger partial charge in [-0.3, -0.25) is 12.2 Å². The molecule has 1 radical (unpaired) electrons. The van der Waals surface area contributed by atoms with Crippen LogP contribution in [0, 0.1) is 18.1 Å². The van der Waals surface area contributed by atoms with Crippen LogP contribution < -0.4 is 24.8 Å². The van der Waals surface area contributed by atoms with Crippen LogP contribution in [-0.4, -0.2) is 9.52 Å². The van der Waals surface area contributed by atoms with Gasteiger partial charge in [0, 0.05) is 9.52 Å². The van der Waals surface area contributed by atoms with Crippen LogP contribution in [-0.2, 0) is 26.2 Å². The molecule has 0 N–H and O–H groups in total. The Hall–Kier alpha value is 0.640. The van der Waals surface area contributed by atoms with Crippen molar-refractivity contribution >= 4 is 9.52 Å². The minimum atomic E-state index is 0. The maximum atomic E-state index is 3.36. The van der Waals surface area contributed by atoms with E-state index in [1.165, 1.54) is 16.7 Å². The summed E-state index contributed by atoms with van der Waals surface area (Å²) in [6.07, 6.45) is 13.4. The summed E-state index contributed by atoms with van der Waals surface area (Å²) < 4.78 is 0. The van der Waals surface area contributed by atoms with Gasteiger partial charge in [-0.1, -0.05) is 39.8 Å². The van der Waals surface area contributed by atoms with Crippen LogP contribution in [0.5, 0.6) is 0 Å². The van der Waals surface area contributed by atoms with Crippen LogP contribution in [0.2, 0.25) is 13.1 Å². The molecule has 0 aliphatic heterocycles. The summed E-state index contributed by atoms with van der Waals surface area (Å²) in [5.74, 6) is 0.560. The van der Waals surface area contributed by atoms with Crippen LogP contribution >= 0.6 is 0 Å². The molecule has 0 aromatic carbocycles. The van der Waals surface area contributed by atoms with Crippen molar-refractivity contribution in [2.24, 2.45) is 5.92 Å². The fourth-order valence-electron chi connectivity index (χ4n) is 1.50. The molecule has 4 heteroatoms. The number of hydrogen-bond acceptors (Lipinski definition) is 0. The van der Waals surface area contributed by atoms with Crippen LogP contribution in [0.15, 0.2) is 34.9 Å². The Balaban J connectivity index is -0.000000102. The largest absolute Gasteiger partial charge is 4.00 e. The Morgan fingerprint density at radius 1 is 1.15 bits per heavy atom. The first-order valence-corrected chi connectivity index (χ1v) is 8.59. The summed E-state index contributed by atoms with van der Waals surface area (Å²) in [6.45, 7) is 13.1. The van der Waals surface area contributed by atoms with Gasteiger partial charge in [0.05, 0.1) is 0 Å². The molecule has 0 spiro atoms. The molecule has 0 heterocycles. The van der Waals surface area contributed by atoms with Crippen molar-refractivity contribution in [2.45, 2.75) is 47.2 Å². The standard InChI is InChI=1S/C9H13.C5H5.C2H7Si.2ClH.Zr/c1-6-5-7(2)9(4)8(6)3;1-2-4-5-3-1;1-3-2;;;/h6H,1-4H3;1-3H,4H2;3H,1-2H3;2*1H;/q2*-1;;;;+4/p-2. The Bertz CT molecular complexity index is 334. The predicted molar refractivity (Wildman–Crippen MR) is 80.4 cm³/mol.